The van der Waals surface area contributed by atoms with Crippen molar-refractivity contribution in [1.82, 2.24) is 15.5 Å². The normalized spacial score (nSPS) is 19.4. The van der Waals surface area contributed by atoms with E-state index in [1.165, 1.54) is 0 Å². The van der Waals surface area contributed by atoms with Gasteiger partial charge in [0.25, 0.3) is 11.8 Å². The fourth-order valence-electron chi connectivity index (χ4n) is 3.47. The molecule has 1 saturated heterocycles. The summed E-state index contributed by atoms with van der Waals surface area (Å²) >= 11 is 0. The zero-order chi connectivity index (χ0) is 19.0. The van der Waals surface area contributed by atoms with Gasteiger partial charge in [-0.3, -0.25) is 29.4 Å². The van der Waals surface area contributed by atoms with Crippen LogP contribution in [0.5, 0.6) is 0 Å². The third-order valence-electron chi connectivity index (χ3n) is 4.75. The third-order valence-corrected chi connectivity index (χ3v) is 4.75. The predicted octanol–water partition coefficient (Wildman–Crippen LogP) is 0.971. The number of furan rings is 1. The van der Waals surface area contributed by atoms with E-state index in [2.05, 4.69) is 10.6 Å². The molecule has 2 aliphatic heterocycles. The number of benzene rings is 1. The number of fused-ring (bicyclic) bond motifs is 1. The molecule has 1 aromatic carbocycles. The first-order valence-corrected chi connectivity index (χ1v) is 8.63. The maximum absolute atomic E-state index is 12.9. The Morgan fingerprint density at radius 3 is 2.67 bits per heavy atom. The number of hydrogen-bond acceptors (Lipinski definition) is 6. The van der Waals surface area contributed by atoms with Crippen molar-refractivity contribution >= 4 is 23.6 Å². The third kappa shape index (κ3) is 3.04. The summed E-state index contributed by atoms with van der Waals surface area (Å²) in [6.07, 6.45) is 1.82. The number of nitrogens with one attached hydrogen (secondary N) is 2. The summed E-state index contributed by atoms with van der Waals surface area (Å²) in [7, 11) is 0. The second-order valence-corrected chi connectivity index (χ2v) is 6.47. The second-order valence-electron chi connectivity index (χ2n) is 6.47. The fourth-order valence-corrected chi connectivity index (χ4v) is 3.47. The van der Waals surface area contributed by atoms with E-state index >= 15 is 0 Å². The van der Waals surface area contributed by atoms with Crippen molar-refractivity contribution in [3.8, 4) is 0 Å². The van der Waals surface area contributed by atoms with Gasteiger partial charge in [0.15, 0.2) is 0 Å². The summed E-state index contributed by atoms with van der Waals surface area (Å²) in [4.78, 5) is 50.1. The van der Waals surface area contributed by atoms with Crippen molar-refractivity contribution in [2.45, 2.75) is 32.0 Å². The predicted molar refractivity (Wildman–Crippen MR) is 92.4 cm³/mol. The van der Waals surface area contributed by atoms with Gasteiger partial charge < -0.3 is 9.73 Å². The van der Waals surface area contributed by atoms with Crippen LogP contribution in [0, 0.1) is 0 Å². The second kappa shape index (κ2) is 6.81. The Labute approximate surface area is 154 Å². The molecule has 0 bridgehead atoms. The summed E-state index contributed by atoms with van der Waals surface area (Å²) in [6.45, 7) is 0.849. The van der Waals surface area contributed by atoms with Gasteiger partial charge in [0.05, 0.1) is 23.9 Å². The van der Waals surface area contributed by atoms with E-state index in [4.69, 9.17) is 4.42 Å². The quantitative estimate of drug-likeness (QED) is 0.763. The van der Waals surface area contributed by atoms with Gasteiger partial charge in [-0.15, -0.1) is 0 Å². The zero-order valence-electron chi connectivity index (χ0n) is 14.4. The standard InChI is InChI=1S/C19H17N3O5/c23-15-7-6-14(17(24)21-15)22-18(25)13-5-1-3-11(16(13)19(22)26)9-20-10-12-4-2-8-27-12/h1-5,8,14,20H,6-7,9-10H2,(H,21,23,24). The van der Waals surface area contributed by atoms with Crippen LogP contribution in [0.15, 0.2) is 41.0 Å². The number of carbonyl (C=O) groups is 4. The Hall–Kier alpha value is -3.26. The maximum Gasteiger partial charge on any atom is 0.262 e. The molecule has 0 radical (unpaired) electrons. The molecule has 0 spiro atoms. The Kier molecular flexibility index (Phi) is 4.33. The minimum absolute atomic E-state index is 0.0986. The number of imide groups is 2. The van der Waals surface area contributed by atoms with Crippen LogP contribution in [0.25, 0.3) is 0 Å². The average Bonchev–Trinajstić information content (AvgIpc) is 3.24. The van der Waals surface area contributed by atoms with Gasteiger partial charge in [-0.25, -0.2) is 0 Å². The van der Waals surface area contributed by atoms with Gasteiger partial charge >= 0.3 is 0 Å². The molecular weight excluding hydrogens is 350 g/mol. The first-order chi connectivity index (χ1) is 13.1. The van der Waals surface area contributed by atoms with Crippen LogP contribution in [0.4, 0.5) is 0 Å². The Morgan fingerprint density at radius 2 is 1.93 bits per heavy atom. The van der Waals surface area contributed by atoms with Gasteiger partial charge in [0.1, 0.15) is 11.8 Å². The molecule has 1 fully saturated rings. The van der Waals surface area contributed by atoms with Gasteiger partial charge in [-0.1, -0.05) is 12.1 Å². The van der Waals surface area contributed by atoms with Crippen molar-refractivity contribution in [2.75, 3.05) is 0 Å². The van der Waals surface area contributed by atoms with E-state index in [1.54, 1.807) is 30.5 Å². The SMILES string of the molecule is O=C1CCC(N2C(=O)c3cccc(CNCc4ccco4)c3C2=O)C(=O)N1. The molecule has 8 heteroatoms. The van der Waals surface area contributed by atoms with E-state index in [0.717, 1.165) is 10.7 Å². The van der Waals surface area contributed by atoms with Crippen molar-refractivity contribution in [3.63, 3.8) is 0 Å². The lowest BCUT2D eigenvalue weighted by molar-refractivity contribution is -0.136. The van der Waals surface area contributed by atoms with E-state index < -0.39 is 29.7 Å². The van der Waals surface area contributed by atoms with Crippen LogP contribution in [-0.2, 0) is 22.7 Å². The first kappa shape index (κ1) is 17.2. The summed E-state index contributed by atoms with van der Waals surface area (Å²) < 4.78 is 5.26. The van der Waals surface area contributed by atoms with Crippen molar-refractivity contribution in [1.29, 1.82) is 0 Å². The van der Waals surface area contributed by atoms with Crippen LogP contribution in [0.1, 0.15) is 44.9 Å². The molecule has 27 heavy (non-hydrogen) atoms. The van der Waals surface area contributed by atoms with Crippen LogP contribution in [0.3, 0.4) is 0 Å². The van der Waals surface area contributed by atoms with Gasteiger partial charge in [-0.05, 0) is 30.2 Å². The zero-order valence-corrected chi connectivity index (χ0v) is 14.4. The summed E-state index contributed by atoms with van der Waals surface area (Å²) in [6, 6.07) is 7.73. The van der Waals surface area contributed by atoms with Crippen molar-refractivity contribution < 1.29 is 23.6 Å². The number of nitrogens with zero attached hydrogens (tertiary/aromatic N) is 1. The van der Waals surface area contributed by atoms with Crippen LogP contribution in [0.2, 0.25) is 0 Å². The number of rotatable bonds is 5. The molecule has 8 nitrogen and oxygen atoms in total. The minimum Gasteiger partial charge on any atom is -0.468 e. The molecule has 4 amide bonds. The van der Waals surface area contributed by atoms with E-state index in [9.17, 15) is 19.2 Å². The summed E-state index contributed by atoms with van der Waals surface area (Å²) in [5, 5.41) is 5.37. The Morgan fingerprint density at radius 1 is 1.07 bits per heavy atom. The highest BCUT2D eigenvalue weighted by molar-refractivity contribution is 6.24. The van der Waals surface area contributed by atoms with E-state index in [-0.39, 0.29) is 18.4 Å². The Bertz CT molecular complexity index is 935. The fraction of sp³-hybridized carbons (Fsp3) is 0.263. The van der Waals surface area contributed by atoms with Gasteiger partial charge in [0, 0.05) is 13.0 Å². The largest absolute Gasteiger partial charge is 0.468 e. The molecule has 138 valence electrons. The molecule has 1 aromatic heterocycles. The highest BCUT2D eigenvalue weighted by atomic mass is 16.3. The summed E-state index contributed by atoms with van der Waals surface area (Å²) in [5.41, 5.74) is 1.26. The van der Waals surface area contributed by atoms with E-state index in [1.807, 2.05) is 6.07 Å². The minimum atomic E-state index is -0.959. The number of piperidine rings is 1. The van der Waals surface area contributed by atoms with Crippen LogP contribution >= 0.6 is 0 Å². The molecule has 3 heterocycles. The molecule has 1 unspecified atom stereocenters. The Balaban J connectivity index is 1.56. The maximum atomic E-state index is 12.9. The molecule has 2 aromatic rings. The molecule has 2 aliphatic rings. The van der Waals surface area contributed by atoms with E-state index in [0.29, 0.717) is 24.2 Å². The lowest BCUT2D eigenvalue weighted by Crippen LogP contribution is -2.54. The number of hydrogen-bond donors (Lipinski definition) is 2. The molecule has 1 atom stereocenters. The number of carbonyl (C=O) groups excluding carboxylic acids is 4. The molecule has 4 rings (SSSR count). The molecular formula is C19H17N3O5. The molecule has 0 aliphatic carbocycles. The molecule has 2 N–H and O–H groups in total. The monoisotopic (exact) mass is 367 g/mol. The first-order valence-electron chi connectivity index (χ1n) is 8.63. The highest BCUT2D eigenvalue weighted by Crippen LogP contribution is 2.29. The lowest BCUT2D eigenvalue weighted by Gasteiger charge is -2.27. The molecule has 0 saturated carbocycles. The van der Waals surface area contributed by atoms with Crippen molar-refractivity contribution in [2.24, 2.45) is 0 Å². The average molecular weight is 367 g/mol. The highest BCUT2D eigenvalue weighted by Gasteiger charge is 2.45. The topological polar surface area (TPSA) is 109 Å². The number of amides is 4. The van der Waals surface area contributed by atoms with Crippen LogP contribution < -0.4 is 10.6 Å². The van der Waals surface area contributed by atoms with Crippen molar-refractivity contribution in [3.05, 3.63) is 59.0 Å². The van der Waals surface area contributed by atoms with Gasteiger partial charge in [0.2, 0.25) is 11.8 Å². The lowest BCUT2D eigenvalue weighted by atomic mass is 10.0. The van der Waals surface area contributed by atoms with Crippen LogP contribution in [-0.4, -0.2) is 34.6 Å². The van der Waals surface area contributed by atoms with Gasteiger partial charge in [-0.2, -0.15) is 0 Å². The summed E-state index contributed by atoms with van der Waals surface area (Å²) in [5.74, 6) is -1.25. The smallest absolute Gasteiger partial charge is 0.262 e.